The molecule has 0 aromatic rings. The highest BCUT2D eigenvalue weighted by Crippen LogP contribution is 2.22. The number of carbonyl (C=O) groups excluding carboxylic acids is 1. The van der Waals surface area contributed by atoms with Crippen LogP contribution in [0.3, 0.4) is 0 Å². The molecule has 0 aromatic heterocycles. The largest absolute Gasteiger partial charge is 0.369 e. The lowest BCUT2D eigenvalue weighted by molar-refractivity contribution is -0.0696. The fourth-order valence-electron chi connectivity index (χ4n) is 1.87. The van der Waals surface area contributed by atoms with Crippen LogP contribution in [-0.2, 0) is 0 Å². The molecule has 1 saturated heterocycles. The molecule has 0 radical (unpaired) electrons. The Kier molecular flexibility index (Phi) is 4.15. The van der Waals surface area contributed by atoms with Crippen LogP contribution < -0.4 is 0 Å². The van der Waals surface area contributed by atoms with Crippen LogP contribution in [0.1, 0.15) is 27.7 Å². The number of aliphatic hydroxyl groups excluding tert-OH is 2. The molecule has 16 heavy (non-hydrogen) atoms. The predicted molar refractivity (Wildman–Crippen MR) is 60.5 cm³/mol. The normalized spacial score (nSPS) is 26.4. The highest BCUT2D eigenvalue weighted by atomic mass is 16.4. The Morgan fingerprint density at radius 2 is 1.31 bits per heavy atom. The second kappa shape index (κ2) is 5.01. The van der Waals surface area contributed by atoms with Crippen LogP contribution in [0.4, 0.5) is 4.79 Å². The Morgan fingerprint density at radius 3 is 1.56 bits per heavy atom. The molecule has 2 amide bonds. The van der Waals surface area contributed by atoms with Crippen LogP contribution in [0.5, 0.6) is 0 Å². The van der Waals surface area contributed by atoms with Gasteiger partial charge in [-0.3, -0.25) is 9.80 Å². The number of hydrogen-bond donors (Lipinski definition) is 2. The van der Waals surface area contributed by atoms with E-state index in [0.29, 0.717) is 13.1 Å². The fraction of sp³-hybridized carbons (Fsp3) is 0.909. The summed E-state index contributed by atoms with van der Waals surface area (Å²) in [5.41, 5.74) is 0. The minimum absolute atomic E-state index is 0.268. The molecule has 1 fully saturated rings. The Bertz CT molecular complexity index is 232. The van der Waals surface area contributed by atoms with E-state index in [1.165, 1.54) is 9.80 Å². The zero-order chi connectivity index (χ0) is 12.5. The molecule has 1 heterocycles. The molecule has 2 atom stereocenters. The first kappa shape index (κ1) is 13.3. The second-order valence-electron chi connectivity index (χ2n) is 5.20. The van der Waals surface area contributed by atoms with Crippen molar-refractivity contribution in [1.82, 2.24) is 9.80 Å². The van der Waals surface area contributed by atoms with Gasteiger partial charge < -0.3 is 10.2 Å². The predicted octanol–water partition coefficient (Wildman–Crippen LogP) is 0.673. The summed E-state index contributed by atoms with van der Waals surface area (Å²) in [7, 11) is 0. The van der Waals surface area contributed by atoms with Gasteiger partial charge in [-0.1, -0.05) is 27.7 Å². The molecule has 94 valence electrons. The number of nitrogens with zero attached hydrogens (tertiary/aromatic N) is 2. The van der Waals surface area contributed by atoms with E-state index < -0.39 is 12.5 Å². The van der Waals surface area contributed by atoms with Gasteiger partial charge in [0.15, 0.2) is 12.5 Å². The number of rotatable bonds is 4. The molecule has 2 unspecified atom stereocenters. The van der Waals surface area contributed by atoms with Crippen molar-refractivity contribution < 1.29 is 15.0 Å². The Balaban J connectivity index is 2.73. The van der Waals surface area contributed by atoms with Gasteiger partial charge in [-0.05, 0) is 11.8 Å². The molecule has 0 spiro atoms. The monoisotopic (exact) mass is 230 g/mol. The van der Waals surface area contributed by atoms with Crippen molar-refractivity contribution in [3.8, 4) is 0 Å². The van der Waals surface area contributed by atoms with Crippen molar-refractivity contribution in [3.63, 3.8) is 0 Å². The summed E-state index contributed by atoms with van der Waals surface area (Å²) in [6.45, 7) is 8.81. The lowest BCUT2D eigenvalue weighted by atomic mass is 10.2. The molecule has 0 aliphatic carbocycles. The molecule has 1 aliphatic rings. The van der Waals surface area contributed by atoms with E-state index in [1.54, 1.807) is 0 Å². The number of carbonyl (C=O) groups is 1. The molecule has 0 aromatic carbocycles. The third-order valence-electron chi connectivity index (χ3n) is 2.52. The maximum absolute atomic E-state index is 11.9. The summed E-state index contributed by atoms with van der Waals surface area (Å²) in [5, 5.41) is 19.5. The number of urea groups is 1. The molecule has 5 nitrogen and oxygen atoms in total. The van der Waals surface area contributed by atoms with Gasteiger partial charge in [0.25, 0.3) is 0 Å². The van der Waals surface area contributed by atoms with Crippen molar-refractivity contribution in [2.75, 3.05) is 13.1 Å². The summed E-state index contributed by atoms with van der Waals surface area (Å²) in [6.07, 6.45) is -2.21. The lowest BCUT2D eigenvalue weighted by Gasteiger charge is -2.21. The molecule has 1 aliphatic heterocycles. The van der Waals surface area contributed by atoms with Gasteiger partial charge in [0, 0.05) is 13.1 Å². The molecule has 0 saturated carbocycles. The van der Waals surface area contributed by atoms with Gasteiger partial charge in [-0.15, -0.1) is 0 Å². The summed E-state index contributed by atoms with van der Waals surface area (Å²) < 4.78 is 0. The number of hydrogen-bond acceptors (Lipinski definition) is 3. The van der Waals surface area contributed by atoms with Gasteiger partial charge in [-0.25, -0.2) is 4.79 Å². The molecule has 0 bridgehead atoms. The maximum Gasteiger partial charge on any atom is 0.324 e. The fourth-order valence-corrected chi connectivity index (χ4v) is 1.87. The topological polar surface area (TPSA) is 64.0 Å². The van der Waals surface area contributed by atoms with E-state index in [9.17, 15) is 15.0 Å². The summed E-state index contributed by atoms with van der Waals surface area (Å²) in [6, 6.07) is -0.276. The smallest absolute Gasteiger partial charge is 0.324 e. The Labute approximate surface area is 96.7 Å². The summed E-state index contributed by atoms with van der Waals surface area (Å²) in [4.78, 5) is 14.6. The van der Waals surface area contributed by atoms with E-state index in [-0.39, 0.29) is 17.9 Å². The first-order valence-electron chi connectivity index (χ1n) is 5.78. The molecular weight excluding hydrogens is 208 g/mol. The first-order chi connectivity index (χ1) is 7.34. The lowest BCUT2D eigenvalue weighted by Crippen LogP contribution is -2.38. The highest BCUT2D eigenvalue weighted by molar-refractivity contribution is 5.77. The Morgan fingerprint density at radius 1 is 1.00 bits per heavy atom. The van der Waals surface area contributed by atoms with Gasteiger partial charge in [0.1, 0.15) is 0 Å². The summed E-state index contributed by atoms with van der Waals surface area (Å²) in [5.74, 6) is 0.537. The third kappa shape index (κ3) is 2.65. The van der Waals surface area contributed by atoms with E-state index in [0.717, 1.165) is 0 Å². The van der Waals surface area contributed by atoms with E-state index in [4.69, 9.17) is 0 Å². The van der Waals surface area contributed by atoms with Gasteiger partial charge in [-0.2, -0.15) is 0 Å². The standard InChI is InChI=1S/C11H22N2O3/c1-7(2)5-12-9(14)10(15)13(11(12)16)6-8(3)4/h7-10,14-15H,5-6H2,1-4H3. The van der Waals surface area contributed by atoms with Crippen LogP contribution in [0, 0.1) is 11.8 Å². The van der Waals surface area contributed by atoms with Crippen LogP contribution in [0.25, 0.3) is 0 Å². The average molecular weight is 230 g/mol. The zero-order valence-electron chi connectivity index (χ0n) is 10.4. The SMILES string of the molecule is CC(C)CN1C(=O)N(CC(C)C)C(O)C1O. The molecular formula is C11H22N2O3. The van der Waals surface area contributed by atoms with Gasteiger partial charge >= 0.3 is 6.03 Å². The van der Waals surface area contributed by atoms with Crippen LogP contribution in [0.15, 0.2) is 0 Å². The minimum Gasteiger partial charge on any atom is -0.369 e. The van der Waals surface area contributed by atoms with E-state index in [2.05, 4.69) is 0 Å². The quantitative estimate of drug-likeness (QED) is 0.746. The average Bonchev–Trinajstić information content (AvgIpc) is 2.34. The Hall–Kier alpha value is -0.810. The van der Waals surface area contributed by atoms with Gasteiger partial charge in [0.05, 0.1) is 0 Å². The van der Waals surface area contributed by atoms with Crippen LogP contribution in [-0.4, -0.2) is 51.6 Å². The third-order valence-corrected chi connectivity index (χ3v) is 2.52. The molecule has 5 heteroatoms. The second-order valence-corrected chi connectivity index (χ2v) is 5.20. The van der Waals surface area contributed by atoms with Crippen molar-refractivity contribution in [2.24, 2.45) is 11.8 Å². The summed E-state index contributed by atoms with van der Waals surface area (Å²) >= 11 is 0. The van der Waals surface area contributed by atoms with Gasteiger partial charge in [0.2, 0.25) is 0 Å². The van der Waals surface area contributed by atoms with Crippen molar-refractivity contribution in [2.45, 2.75) is 40.2 Å². The number of amides is 2. The van der Waals surface area contributed by atoms with E-state index >= 15 is 0 Å². The van der Waals surface area contributed by atoms with Crippen molar-refractivity contribution in [3.05, 3.63) is 0 Å². The van der Waals surface area contributed by atoms with Crippen molar-refractivity contribution in [1.29, 1.82) is 0 Å². The zero-order valence-corrected chi connectivity index (χ0v) is 10.4. The molecule has 2 N–H and O–H groups in total. The van der Waals surface area contributed by atoms with Crippen LogP contribution in [0.2, 0.25) is 0 Å². The van der Waals surface area contributed by atoms with Crippen LogP contribution >= 0.6 is 0 Å². The molecule has 1 rings (SSSR count). The maximum atomic E-state index is 11.9. The van der Waals surface area contributed by atoms with Crippen molar-refractivity contribution >= 4 is 6.03 Å². The highest BCUT2D eigenvalue weighted by Gasteiger charge is 2.43. The minimum atomic E-state index is -1.10. The first-order valence-corrected chi connectivity index (χ1v) is 5.78. The van der Waals surface area contributed by atoms with E-state index in [1.807, 2.05) is 27.7 Å². The number of aliphatic hydroxyl groups is 2.